The maximum Gasteiger partial charge on any atom is 0.289 e. The Bertz CT molecular complexity index is 1430. The molecule has 3 N–H and O–H groups in total. The van der Waals surface area contributed by atoms with Crippen LogP contribution < -0.4 is 15.1 Å². The number of amides is 2. The number of amidine groups is 1. The molecule has 3 aromatic rings. The molecular formula is C21H19ClN6O6S2. The Kier molecular flexibility index (Phi) is 7.21. The van der Waals surface area contributed by atoms with E-state index in [0.717, 1.165) is 17.0 Å². The van der Waals surface area contributed by atoms with E-state index < -0.39 is 27.8 Å². The molecule has 3 heterocycles. The van der Waals surface area contributed by atoms with Crippen LogP contribution in [-0.4, -0.2) is 59.8 Å². The third-order valence-corrected chi connectivity index (χ3v) is 6.68. The van der Waals surface area contributed by atoms with Crippen LogP contribution >= 0.6 is 22.9 Å². The number of pyridine rings is 1. The molecule has 0 atom stereocenters. The lowest BCUT2D eigenvalue weighted by molar-refractivity contribution is 0.0968. The summed E-state index contributed by atoms with van der Waals surface area (Å²) in [5, 5.41) is 11.1. The fourth-order valence-corrected chi connectivity index (χ4v) is 4.84. The van der Waals surface area contributed by atoms with Crippen LogP contribution in [0.4, 0.5) is 17.2 Å². The van der Waals surface area contributed by atoms with Crippen molar-refractivity contribution >= 4 is 68.1 Å². The molecule has 36 heavy (non-hydrogen) atoms. The van der Waals surface area contributed by atoms with Crippen molar-refractivity contribution in [1.82, 2.24) is 9.97 Å². The Morgan fingerprint density at radius 1 is 1.28 bits per heavy atom. The summed E-state index contributed by atoms with van der Waals surface area (Å²) in [6, 6.07) is 9.43. The Morgan fingerprint density at radius 2 is 2.00 bits per heavy atom. The second-order valence-corrected chi connectivity index (χ2v) is 10.6. The highest BCUT2D eigenvalue weighted by atomic mass is 35.5. The average Bonchev–Trinajstić information content (AvgIpc) is 3.43. The van der Waals surface area contributed by atoms with Crippen molar-refractivity contribution in [1.29, 1.82) is 5.41 Å². The van der Waals surface area contributed by atoms with Gasteiger partial charge in [-0.25, -0.2) is 9.97 Å². The SMILES string of the molecule is Cc1nc(C(=O)N(CS(=O)(=O)O)c2ccc(Cl)cn2)c(C(=O)Nc2ccc(N3CCOC3=N)cc2)s1. The summed E-state index contributed by atoms with van der Waals surface area (Å²) < 4.78 is 37.8. The lowest BCUT2D eigenvalue weighted by Crippen LogP contribution is -2.37. The highest BCUT2D eigenvalue weighted by Gasteiger charge is 2.30. The van der Waals surface area contributed by atoms with Crippen LogP contribution in [0.1, 0.15) is 25.2 Å². The van der Waals surface area contributed by atoms with Crippen molar-refractivity contribution in [3.05, 3.63) is 63.2 Å². The fraction of sp³-hybridized carbons (Fsp3) is 0.190. The van der Waals surface area contributed by atoms with Gasteiger partial charge in [-0.3, -0.25) is 29.4 Å². The molecule has 0 aliphatic carbocycles. The van der Waals surface area contributed by atoms with Gasteiger partial charge in [-0.15, -0.1) is 11.3 Å². The van der Waals surface area contributed by atoms with E-state index >= 15 is 0 Å². The average molecular weight is 551 g/mol. The third kappa shape index (κ3) is 5.79. The van der Waals surface area contributed by atoms with Gasteiger partial charge in [0.15, 0.2) is 11.6 Å². The molecule has 15 heteroatoms. The number of aryl methyl sites for hydroxylation is 1. The van der Waals surface area contributed by atoms with E-state index in [9.17, 15) is 22.6 Å². The predicted octanol–water partition coefficient (Wildman–Crippen LogP) is 3.02. The van der Waals surface area contributed by atoms with Crippen LogP contribution in [0, 0.1) is 12.3 Å². The largest absolute Gasteiger partial charge is 0.463 e. The molecule has 0 bridgehead atoms. The van der Waals surface area contributed by atoms with Gasteiger partial charge >= 0.3 is 0 Å². The molecule has 0 radical (unpaired) electrons. The third-order valence-electron chi connectivity index (χ3n) is 4.90. The summed E-state index contributed by atoms with van der Waals surface area (Å²) in [7, 11) is -4.65. The van der Waals surface area contributed by atoms with Gasteiger partial charge in [0.2, 0.25) is 0 Å². The van der Waals surface area contributed by atoms with Gasteiger partial charge in [-0.1, -0.05) is 11.6 Å². The Labute approximate surface area is 214 Å². The van der Waals surface area contributed by atoms with Crippen molar-refractivity contribution in [3.63, 3.8) is 0 Å². The summed E-state index contributed by atoms with van der Waals surface area (Å²) in [5.41, 5.74) is 0.847. The molecule has 1 aliphatic rings. The zero-order valence-electron chi connectivity index (χ0n) is 18.6. The van der Waals surface area contributed by atoms with E-state index in [4.69, 9.17) is 21.7 Å². The maximum absolute atomic E-state index is 13.3. The minimum atomic E-state index is -4.65. The van der Waals surface area contributed by atoms with Crippen LogP contribution in [0.25, 0.3) is 0 Å². The molecule has 1 aliphatic heterocycles. The summed E-state index contributed by atoms with van der Waals surface area (Å²) in [5.74, 6) is -2.79. The zero-order valence-corrected chi connectivity index (χ0v) is 21.0. The molecule has 2 aromatic heterocycles. The molecule has 188 valence electrons. The molecule has 4 rings (SSSR count). The van der Waals surface area contributed by atoms with E-state index in [-0.39, 0.29) is 27.4 Å². The minimum absolute atomic E-state index is 0.0414. The number of anilines is 3. The minimum Gasteiger partial charge on any atom is -0.463 e. The number of carbonyl (C=O) groups is 2. The van der Waals surface area contributed by atoms with Crippen LogP contribution in [0.3, 0.4) is 0 Å². The standard InChI is InChI=1S/C21H19ClN6O6S2/c1-12-25-17(20(30)28(11-36(31,32)33)16-7-2-13(22)10-24-16)18(35-12)19(29)26-14-3-5-15(6-4-14)27-8-9-34-21(27)23/h2-7,10,23H,8-9,11H2,1H3,(H,26,29)(H,31,32,33). The van der Waals surface area contributed by atoms with Gasteiger partial charge in [0.25, 0.3) is 28.0 Å². The van der Waals surface area contributed by atoms with Crippen molar-refractivity contribution < 1.29 is 27.3 Å². The number of halogens is 1. The number of thiazole rings is 1. The fourth-order valence-electron chi connectivity index (χ4n) is 3.35. The number of hydrogen-bond donors (Lipinski definition) is 3. The Morgan fingerprint density at radius 3 is 2.58 bits per heavy atom. The first-order valence-corrected chi connectivity index (χ1v) is 13.1. The normalized spacial score (nSPS) is 13.4. The molecule has 0 spiro atoms. The quantitative estimate of drug-likeness (QED) is 0.375. The van der Waals surface area contributed by atoms with Crippen molar-refractivity contribution in [2.75, 3.05) is 34.1 Å². The molecular weight excluding hydrogens is 532 g/mol. The molecule has 1 saturated heterocycles. The molecule has 0 unspecified atom stereocenters. The van der Waals surface area contributed by atoms with Gasteiger partial charge in [0, 0.05) is 17.6 Å². The number of hydrogen-bond acceptors (Lipinski definition) is 9. The second-order valence-electron chi connectivity index (χ2n) is 7.50. The number of ether oxygens (including phenoxy) is 1. The lowest BCUT2D eigenvalue weighted by atomic mass is 10.2. The van der Waals surface area contributed by atoms with Gasteiger partial charge in [0.05, 0.1) is 16.6 Å². The van der Waals surface area contributed by atoms with Crippen molar-refractivity contribution in [2.24, 2.45) is 0 Å². The highest BCUT2D eigenvalue weighted by molar-refractivity contribution is 7.85. The first-order valence-electron chi connectivity index (χ1n) is 10.3. The van der Waals surface area contributed by atoms with Gasteiger partial charge < -0.3 is 10.1 Å². The van der Waals surface area contributed by atoms with Crippen LogP contribution in [0.2, 0.25) is 5.02 Å². The van der Waals surface area contributed by atoms with Crippen molar-refractivity contribution in [2.45, 2.75) is 6.92 Å². The molecule has 12 nitrogen and oxygen atoms in total. The molecule has 1 aromatic carbocycles. The smallest absolute Gasteiger partial charge is 0.289 e. The first-order chi connectivity index (χ1) is 17.0. The number of benzene rings is 1. The predicted molar refractivity (Wildman–Crippen MR) is 135 cm³/mol. The Hall–Kier alpha value is -3.59. The number of nitrogens with one attached hydrogen (secondary N) is 2. The molecule has 1 fully saturated rings. The van der Waals surface area contributed by atoms with Gasteiger partial charge in [-0.05, 0) is 43.3 Å². The highest BCUT2D eigenvalue weighted by Crippen LogP contribution is 2.26. The summed E-state index contributed by atoms with van der Waals surface area (Å²) in [4.78, 5) is 36.8. The molecule has 2 amide bonds. The second kappa shape index (κ2) is 10.2. The van der Waals surface area contributed by atoms with Crippen LogP contribution in [0.5, 0.6) is 0 Å². The summed E-state index contributed by atoms with van der Waals surface area (Å²) in [6.07, 6.45) is 1.21. The topological polar surface area (TPSA) is 166 Å². The van der Waals surface area contributed by atoms with Crippen molar-refractivity contribution in [3.8, 4) is 0 Å². The number of nitrogens with zero attached hydrogens (tertiary/aromatic N) is 4. The lowest BCUT2D eigenvalue weighted by Gasteiger charge is -2.19. The molecule has 0 saturated carbocycles. The van der Waals surface area contributed by atoms with E-state index in [1.54, 1.807) is 36.1 Å². The summed E-state index contributed by atoms with van der Waals surface area (Å²) in [6.45, 7) is 2.55. The Balaban J connectivity index is 1.59. The monoisotopic (exact) mass is 550 g/mol. The van der Waals surface area contributed by atoms with Crippen LogP contribution in [0.15, 0.2) is 42.6 Å². The number of carbonyl (C=O) groups excluding carboxylic acids is 2. The van der Waals surface area contributed by atoms with E-state index in [2.05, 4.69) is 15.3 Å². The van der Waals surface area contributed by atoms with Gasteiger partial charge in [-0.2, -0.15) is 8.42 Å². The van der Waals surface area contributed by atoms with Crippen LogP contribution in [-0.2, 0) is 14.9 Å². The summed E-state index contributed by atoms with van der Waals surface area (Å²) >= 11 is 6.78. The van der Waals surface area contributed by atoms with E-state index in [1.807, 2.05) is 0 Å². The van der Waals surface area contributed by atoms with Gasteiger partial charge in [0.1, 0.15) is 17.3 Å². The number of aromatic nitrogens is 2. The maximum atomic E-state index is 13.3. The first kappa shape index (κ1) is 25.5. The zero-order chi connectivity index (χ0) is 26.0. The van der Waals surface area contributed by atoms with E-state index in [0.29, 0.717) is 28.7 Å². The number of rotatable bonds is 7. The van der Waals surface area contributed by atoms with E-state index in [1.165, 1.54) is 18.3 Å².